The Morgan fingerprint density at radius 3 is 2.54 bits per heavy atom. The lowest BCUT2D eigenvalue weighted by Gasteiger charge is -2.41. The number of carbonyl (C=O) groups excluding carboxylic acids is 3. The number of H-pyrrole nitrogens is 1. The molecule has 1 aromatic carbocycles. The lowest BCUT2D eigenvalue weighted by molar-refractivity contribution is -0.125. The molecule has 2 aromatic heterocycles. The first-order chi connectivity index (χ1) is 16.7. The molecule has 0 saturated carbocycles. The van der Waals surface area contributed by atoms with Gasteiger partial charge in [0.25, 0.3) is 5.91 Å². The van der Waals surface area contributed by atoms with Crippen molar-refractivity contribution in [1.82, 2.24) is 20.5 Å². The van der Waals surface area contributed by atoms with Crippen LogP contribution in [0.15, 0.2) is 29.9 Å². The zero-order valence-electron chi connectivity index (χ0n) is 19.1. The van der Waals surface area contributed by atoms with Crippen LogP contribution in [0.2, 0.25) is 0 Å². The highest BCUT2D eigenvalue weighted by Crippen LogP contribution is 2.35. The molecule has 13 heteroatoms. The van der Waals surface area contributed by atoms with Gasteiger partial charge in [-0.25, -0.2) is 9.37 Å². The van der Waals surface area contributed by atoms with E-state index in [4.69, 9.17) is 5.73 Å². The summed E-state index contributed by atoms with van der Waals surface area (Å²) in [6, 6.07) is 2.64. The molecule has 1 saturated heterocycles. The molecule has 6 N–H and O–H groups in total. The standard InChI is InChI=1S/C22H25FN8O3S/c1-12(32)28-15-8-16(29-19(33)17-11-35-20(30-17)13-9-26-27-10-13)18(7-14(15)23)31-5-3-22(25-2,4-6-31)21(24)34/h7-11,25H,3-6H2,1-2H3,(H2,24,34)(H,26,27)(H,28,32)(H,29,33). The third-order valence-electron chi connectivity index (χ3n) is 6.03. The van der Waals surface area contributed by atoms with Crippen LogP contribution < -0.4 is 26.6 Å². The Kier molecular flexibility index (Phi) is 6.80. The number of carbonyl (C=O) groups is 3. The van der Waals surface area contributed by atoms with E-state index in [2.05, 4.69) is 31.1 Å². The molecule has 35 heavy (non-hydrogen) atoms. The van der Waals surface area contributed by atoms with E-state index in [0.717, 1.165) is 5.56 Å². The molecular weight excluding hydrogens is 475 g/mol. The lowest BCUT2D eigenvalue weighted by Crippen LogP contribution is -2.59. The maximum atomic E-state index is 14.9. The van der Waals surface area contributed by atoms with Gasteiger partial charge in [0.1, 0.15) is 22.1 Å². The molecule has 1 aliphatic rings. The van der Waals surface area contributed by atoms with Crippen molar-refractivity contribution in [2.45, 2.75) is 25.3 Å². The minimum Gasteiger partial charge on any atom is -0.370 e. The largest absolute Gasteiger partial charge is 0.370 e. The van der Waals surface area contributed by atoms with Crippen molar-refractivity contribution < 1.29 is 18.8 Å². The zero-order valence-corrected chi connectivity index (χ0v) is 20.0. The fraction of sp³-hybridized carbons (Fsp3) is 0.318. The first kappa shape index (κ1) is 24.3. The van der Waals surface area contributed by atoms with Gasteiger partial charge in [0.15, 0.2) is 0 Å². The number of aromatic nitrogens is 3. The van der Waals surface area contributed by atoms with Crippen LogP contribution in [0.5, 0.6) is 0 Å². The normalized spacial score (nSPS) is 15.0. The topological polar surface area (TPSA) is 158 Å². The molecular formula is C22H25FN8O3S. The van der Waals surface area contributed by atoms with Gasteiger partial charge < -0.3 is 26.6 Å². The van der Waals surface area contributed by atoms with Gasteiger partial charge >= 0.3 is 0 Å². The Labute approximate surface area is 204 Å². The summed E-state index contributed by atoms with van der Waals surface area (Å²) >= 11 is 1.29. The fourth-order valence-electron chi connectivity index (χ4n) is 4.02. The van der Waals surface area contributed by atoms with Crippen molar-refractivity contribution in [3.63, 3.8) is 0 Å². The molecule has 1 fully saturated rings. The van der Waals surface area contributed by atoms with Crippen LogP contribution in [-0.4, -0.2) is 58.6 Å². The molecule has 0 bridgehead atoms. The Bertz CT molecular complexity index is 1250. The molecule has 0 spiro atoms. The molecule has 0 aliphatic carbocycles. The number of hydrogen-bond donors (Lipinski definition) is 5. The molecule has 0 unspecified atom stereocenters. The predicted molar refractivity (Wildman–Crippen MR) is 131 cm³/mol. The monoisotopic (exact) mass is 500 g/mol. The molecule has 0 atom stereocenters. The van der Waals surface area contributed by atoms with Crippen LogP contribution in [0.4, 0.5) is 21.5 Å². The number of halogens is 1. The van der Waals surface area contributed by atoms with Gasteiger partial charge in [-0.15, -0.1) is 11.3 Å². The van der Waals surface area contributed by atoms with Gasteiger partial charge in [-0.05, 0) is 26.0 Å². The quantitative estimate of drug-likeness (QED) is 0.332. The van der Waals surface area contributed by atoms with Crippen LogP contribution >= 0.6 is 11.3 Å². The first-order valence-electron chi connectivity index (χ1n) is 10.8. The number of primary amides is 1. The number of nitrogens with zero attached hydrogens (tertiary/aromatic N) is 3. The van der Waals surface area contributed by atoms with Crippen LogP contribution in [0.25, 0.3) is 10.6 Å². The van der Waals surface area contributed by atoms with E-state index in [-0.39, 0.29) is 11.4 Å². The summed E-state index contributed by atoms with van der Waals surface area (Å²) in [7, 11) is 1.68. The third-order valence-corrected chi connectivity index (χ3v) is 6.93. The highest BCUT2D eigenvalue weighted by molar-refractivity contribution is 7.13. The predicted octanol–water partition coefficient (Wildman–Crippen LogP) is 1.93. The number of amides is 3. The van der Waals surface area contributed by atoms with Gasteiger partial charge in [-0.2, -0.15) is 5.10 Å². The van der Waals surface area contributed by atoms with E-state index in [1.54, 1.807) is 24.8 Å². The number of nitrogens with two attached hydrogens (primary N) is 1. The van der Waals surface area contributed by atoms with E-state index in [0.29, 0.717) is 42.3 Å². The first-order valence-corrected chi connectivity index (χ1v) is 11.7. The number of aromatic amines is 1. The number of hydrogen-bond acceptors (Lipinski definition) is 8. The van der Waals surface area contributed by atoms with Gasteiger partial charge in [0, 0.05) is 43.2 Å². The highest BCUT2D eigenvalue weighted by Gasteiger charge is 2.39. The van der Waals surface area contributed by atoms with Crippen molar-refractivity contribution in [3.05, 3.63) is 41.4 Å². The van der Waals surface area contributed by atoms with Gasteiger partial charge in [0.05, 0.1) is 23.3 Å². The molecule has 1 aliphatic heterocycles. The summed E-state index contributed by atoms with van der Waals surface area (Å²) in [6.07, 6.45) is 4.08. The van der Waals surface area contributed by atoms with Crippen LogP contribution in [-0.2, 0) is 9.59 Å². The zero-order chi connectivity index (χ0) is 25.2. The minimum absolute atomic E-state index is 0.0624. The summed E-state index contributed by atoms with van der Waals surface area (Å²) in [5.74, 6) is -2.03. The molecule has 3 heterocycles. The van der Waals surface area contributed by atoms with E-state index >= 15 is 0 Å². The number of nitrogens with one attached hydrogen (secondary N) is 4. The second kappa shape index (κ2) is 9.80. The van der Waals surface area contributed by atoms with E-state index in [1.165, 1.54) is 30.4 Å². The molecule has 3 amide bonds. The van der Waals surface area contributed by atoms with Crippen LogP contribution in [0.1, 0.15) is 30.3 Å². The third kappa shape index (κ3) is 5.00. The molecule has 3 aromatic rings. The van der Waals surface area contributed by atoms with Gasteiger partial charge in [0.2, 0.25) is 11.8 Å². The summed E-state index contributed by atoms with van der Waals surface area (Å²) in [4.78, 5) is 42.8. The Morgan fingerprint density at radius 1 is 1.20 bits per heavy atom. The fourth-order valence-corrected chi connectivity index (χ4v) is 4.81. The molecule has 4 rings (SSSR count). The van der Waals surface area contributed by atoms with Gasteiger partial charge in [-0.1, -0.05) is 0 Å². The van der Waals surface area contributed by atoms with E-state index in [1.807, 2.05) is 4.90 Å². The average molecular weight is 501 g/mol. The van der Waals surface area contributed by atoms with Crippen LogP contribution in [0.3, 0.4) is 0 Å². The second-order valence-electron chi connectivity index (χ2n) is 8.19. The second-order valence-corrected chi connectivity index (χ2v) is 9.05. The summed E-state index contributed by atoms with van der Waals surface area (Å²) in [5, 5.41) is 17.1. The summed E-state index contributed by atoms with van der Waals surface area (Å²) < 4.78 is 14.9. The van der Waals surface area contributed by atoms with E-state index < -0.39 is 29.1 Å². The number of rotatable bonds is 7. The maximum Gasteiger partial charge on any atom is 0.275 e. The van der Waals surface area contributed by atoms with Crippen LogP contribution in [0, 0.1) is 5.82 Å². The van der Waals surface area contributed by atoms with Crippen molar-refractivity contribution in [2.24, 2.45) is 5.73 Å². The minimum atomic E-state index is -0.849. The molecule has 0 radical (unpaired) electrons. The smallest absolute Gasteiger partial charge is 0.275 e. The molecule has 184 valence electrons. The Balaban J connectivity index is 1.62. The van der Waals surface area contributed by atoms with Crippen molar-refractivity contribution in [1.29, 1.82) is 0 Å². The number of piperidine rings is 1. The SMILES string of the molecule is CNC1(C(N)=O)CCN(c2cc(F)c(NC(C)=O)cc2NC(=O)c2csc(-c3cn[nH]c3)n2)CC1. The number of likely N-dealkylation sites (N-methyl/N-ethyl adjacent to an activating group) is 1. The summed E-state index contributed by atoms with van der Waals surface area (Å²) in [6.45, 7) is 2.06. The van der Waals surface area contributed by atoms with E-state index in [9.17, 15) is 18.8 Å². The average Bonchev–Trinajstić information content (AvgIpc) is 3.53. The maximum absolute atomic E-state index is 14.9. The highest BCUT2D eigenvalue weighted by atomic mass is 32.1. The molecule has 11 nitrogen and oxygen atoms in total. The van der Waals surface area contributed by atoms with Crippen molar-refractivity contribution in [3.8, 4) is 10.6 Å². The Hall–Kier alpha value is -3.84. The lowest BCUT2D eigenvalue weighted by atomic mass is 9.86. The number of benzene rings is 1. The van der Waals surface area contributed by atoms with Crippen molar-refractivity contribution >= 4 is 46.1 Å². The Morgan fingerprint density at radius 2 is 1.94 bits per heavy atom. The van der Waals surface area contributed by atoms with Gasteiger partial charge in [-0.3, -0.25) is 19.5 Å². The number of anilines is 3. The van der Waals surface area contributed by atoms with Crippen molar-refractivity contribution in [2.75, 3.05) is 35.7 Å². The number of thiazole rings is 1. The summed E-state index contributed by atoms with van der Waals surface area (Å²) in [5.41, 5.74) is 6.34.